The molecule has 0 spiro atoms. The van der Waals surface area contributed by atoms with E-state index in [0.29, 0.717) is 14.1 Å². The molecule has 0 amide bonds. The Bertz CT molecular complexity index is 386. The largest absolute Gasteiger partial charge is 0.460 e. The maximum Gasteiger partial charge on any atom is 0.460 e. The van der Waals surface area contributed by atoms with Gasteiger partial charge in [0.15, 0.2) is 5.57 Å². The summed E-state index contributed by atoms with van der Waals surface area (Å²) < 4.78 is 136. The van der Waals surface area contributed by atoms with Crippen LogP contribution in [0.15, 0.2) is 11.5 Å². The molecule has 0 radical (unpaired) electrons. The van der Waals surface area contributed by atoms with Gasteiger partial charge in [0.25, 0.3) is 0 Å². The second-order valence-corrected chi connectivity index (χ2v) is 3.70. The second kappa shape index (κ2) is 4.95. The Morgan fingerprint density at radius 3 is 1.30 bits per heavy atom. The molecule has 12 heteroatoms. The molecule has 0 aliphatic heterocycles. The number of halogens is 11. The number of allylic oxidation sites excluding steroid dienone is 1. The lowest BCUT2D eigenvalue weighted by Gasteiger charge is -2.31. The van der Waals surface area contributed by atoms with Crippen LogP contribution in [0.4, 0.5) is 48.3 Å². The van der Waals surface area contributed by atoms with E-state index in [0.717, 1.165) is 0 Å². The molecule has 0 unspecified atom stereocenters. The third-order valence-electron chi connectivity index (χ3n) is 1.95. The van der Waals surface area contributed by atoms with Gasteiger partial charge in [-0.25, -0.2) is 0 Å². The molecule has 1 nitrogen and oxygen atoms in total. The topological polar surface area (TPSA) is 3.24 Å². The van der Waals surface area contributed by atoms with Crippen LogP contribution in [0.5, 0.6) is 0 Å². The molecule has 0 fully saturated rings. The van der Waals surface area contributed by atoms with Crippen molar-refractivity contribution in [3.63, 3.8) is 0 Å². The SMILES string of the molecule is CN(C)/C(F)=C(/C(F)(F)F)C(F)(F)C(F)(F)C(F)(F)F. The first-order valence-electron chi connectivity index (χ1n) is 4.45. The van der Waals surface area contributed by atoms with Crippen LogP contribution in [0, 0.1) is 0 Å². The monoisotopic (exact) mass is 325 g/mol. The molecular formula is C8H6F11N. The Morgan fingerprint density at radius 1 is 0.750 bits per heavy atom. The lowest BCUT2D eigenvalue weighted by atomic mass is 10.0. The lowest BCUT2D eigenvalue weighted by molar-refractivity contribution is -0.351. The first-order chi connectivity index (χ1) is 8.48. The van der Waals surface area contributed by atoms with Gasteiger partial charge in [-0.2, -0.15) is 48.3 Å². The first-order valence-corrected chi connectivity index (χ1v) is 4.45. The first kappa shape index (κ1) is 18.8. The summed E-state index contributed by atoms with van der Waals surface area (Å²) in [6.07, 6.45) is -13.4. The molecule has 0 aliphatic carbocycles. The van der Waals surface area contributed by atoms with Crippen molar-refractivity contribution in [2.45, 2.75) is 24.2 Å². The molecule has 120 valence electrons. The highest BCUT2D eigenvalue weighted by atomic mass is 19.4. The average Bonchev–Trinajstić information content (AvgIpc) is 2.12. The van der Waals surface area contributed by atoms with E-state index in [9.17, 15) is 48.3 Å². The summed E-state index contributed by atoms with van der Waals surface area (Å²) in [5.41, 5.74) is -3.91. The molecule has 0 rings (SSSR count). The second-order valence-electron chi connectivity index (χ2n) is 3.70. The number of hydrogen-bond donors (Lipinski definition) is 0. The zero-order valence-electron chi connectivity index (χ0n) is 9.60. The highest BCUT2D eigenvalue weighted by Gasteiger charge is 2.78. The Balaban J connectivity index is 6.31. The zero-order valence-corrected chi connectivity index (χ0v) is 9.60. The quantitative estimate of drug-likeness (QED) is 0.557. The average molecular weight is 325 g/mol. The van der Waals surface area contributed by atoms with Crippen molar-refractivity contribution in [1.82, 2.24) is 4.90 Å². The minimum Gasteiger partial charge on any atom is -0.354 e. The molecule has 0 bridgehead atoms. The summed E-state index contributed by atoms with van der Waals surface area (Å²) in [5, 5.41) is 0. The lowest BCUT2D eigenvalue weighted by Crippen LogP contribution is -2.55. The molecule has 0 saturated heterocycles. The van der Waals surface area contributed by atoms with E-state index in [1.807, 2.05) is 0 Å². The Kier molecular flexibility index (Phi) is 4.65. The van der Waals surface area contributed by atoms with Crippen LogP contribution >= 0.6 is 0 Å². The smallest absolute Gasteiger partial charge is 0.354 e. The molecule has 0 aromatic carbocycles. The van der Waals surface area contributed by atoms with Gasteiger partial charge in [0.2, 0.25) is 5.95 Å². The number of alkyl halides is 10. The van der Waals surface area contributed by atoms with Gasteiger partial charge in [-0.05, 0) is 0 Å². The van der Waals surface area contributed by atoms with Gasteiger partial charge < -0.3 is 4.90 Å². The number of rotatable bonds is 3. The molecule has 0 aromatic heterocycles. The Morgan fingerprint density at radius 2 is 1.10 bits per heavy atom. The third kappa shape index (κ3) is 3.08. The van der Waals surface area contributed by atoms with Crippen LogP contribution in [-0.2, 0) is 0 Å². The van der Waals surface area contributed by atoms with Crippen LogP contribution in [0.1, 0.15) is 0 Å². The molecule has 0 atom stereocenters. The van der Waals surface area contributed by atoms with E-state index >= 15 is 0 Å². The van der Waals surface area contributed by atoms with E-state index in [-0.39, 0.29) is 4.90 Å². The van der Waals surface area contributed by atoms with Crippen molar-refractivity contribution < 1.29 is 48.3 Å². The summed E-state index contributed by atoms with van der Waals surface area (Å²) in [4.78, 5) is -0.302. The van der Waals surface area contributed by atoms with Gasteiger partial charge in [-0.15, -0.1) is 0 Å². The van der Waals surface area contributed by atoms with Crippen molar-refractivity contribution in [2.24, 2.45) is 0 Å². The molecule has 0 heterocycles. The van der Waals surface area contributed by atoms with Gasteiger partial charge >= 0.3 is 24.2 Å². The normalized spacial score (nSPS) is 16.1. The summed E-state index contributed by atoms with van der Waals surface area (Å²) in [6, 6.07) is 0. The van der Waals surface area contributed by atoms with Crippen molar-refractivity contribution in [2.75, 3.05) is 14.1 Å². The Labute approximate surface area is 104 Å². The molecule has 0 aromatic rings. The summed E-state index contributed by atoms with van der Waals surface area (Å²) >= 11 is 0. The molecule has 0 N–H and O–H groups in total. The van der Waals surface area contributed by atoms with Gasteiger partial charge in [0, 0.05) is 14.1 Å². The third-order valence-corrected chi connectivity index (χ3v) is 1.95. The number of hydrogen-bond acceptors (Lipinski definition) is 1. The van der Waals surface area contributed by atoms with E-state index in [1.54, 1.807) is 0 Å². The van der Waals surface area contributed by atoms with Crippen molar-refractivity contribution in [3.8, 4) is 0 Å². The van der Waals surface area contributed by atoms with Crippen LogP contribution in [0.2, 0.25) is 0 Å². The van der Waals surface area contributed by atoms with Crippen LogP contribution in [0.25, 0.3) is 0 Å². The minimum atomic E-state index is -7.10. The van der Waals surface area contributed by atoms with Crippen molar-refractivity contribution in [1.29, 1.82) is 0 Å². The van der Waals surface area contributed by atoms with Gasteiger partial charge in [-0.1, -0.05) is 0 Å². The van der Waals surface area contributed by atoms with Crippen LogP contribution < -0.4 is 0 Å². The standard InChI is InChI=1S/C8H6F11N/c1-20(2)4(9)3(6(12,13)14)5(10,11)7(15,16)8(17,18)19/h1-2H3/b4-3+. The predicted octanol–water partition coefficient (Wildman–Crippen LogP) is 4.12. The highest BCUT2D eigenvalue weighted by Crippen LogP contribution is 2.54. The minimum absolute atomic E-state index is 0.302. The van der Waals surface area contributed by atoms with Crippen molar-refractivity contribution in [3.05, 3.63) is 11.5 Å². The van der Waals surface area contributed by atoms with Gasteiger partial charge in [0.05, 0.1) is 0 Å². The molecule has 0 saturated carbocycles. The Hall–Kier alpha value is -1.23. The number of nitrogens with zero attached hydrogens (tertiary/aromatic N) is 1. The van der Waals surface area contributed by atoms with Gasteiger partial charge in [-0.3, -0.25) is 0 Å². The van der Waals surface area contributed by atoms with Gasteiger partial charge in [0.1, 0.15) is 0 Å². The summed E-state index contributed by atoms with van der Waals surface area (Å²) in [6.45, 7) is 0. The maximum atomic E-state index is 13.0. The summed E-state index contributed by atoms with van der Waals surface area (Å²) in [7, 11) is 0.839. The van der Waals surface area contributed by atoms with E-state index < -0.39 is 35.7 Å². The fourth-order valence-electron chi connectivity index (χ4n) is 0.983. The summed E-state index contributed by atoms with van der Waals surface area (Å²) in [5.74, 6) is -16.9. The fraction of sp³-hybridized carbons (Fsp3) is 0.750. The molecule has 0 aliphatic rings. The molecule has 20 heavy (non-hydrogen) atoms. The van der Waals surface area contributed by atoms with E-state index in [4.69, 9.17) is 0 Å². The highest BCUT2D eigenvalue weighted by molar-refractivity contribution is 5.26. The zero-order chi connectivity index (χ0) is 16.7. The van der Waals surface area contributed by atoms with E-state index in [1.165, 1.54) is 0 Å². The predicted molar refractivity (Wildman–Crippen MR) is 43.8 cm³/mol. The maximum absolute atomic E-state index is 13.0. The molecular weight excluding hydrogens is 319 g/mol. The van der Waals surface area contributed by atoms with Crippen molar-refractivity contribution >= 4 is 0 Å². The van der Waals surface area contributed by atoms with Crippen LogP contribution in [0.3, 0.4) is 0 Å². The van der Waals surface area contributed by atoms with E-state index in [2.05, 4.69) is 0 Å². The fourth-order valence-corrected chi connectivity index (χ4v) is 0.983. The van der Waals surface area contributed by atoms with Crippen LogP contribution in [-0.4, -0.2) is 43.2 Å².